The van der Waals surface area contributed by atoms with Crippen molar-refractivity contribution in [2.24, 2.45) is 5.92 Å². The van der Waals surface area contributed by atoms with Gasteiger partial charge in [0, 0.05) is 19.6 Å². The van der Waals surface area contributed by atoms with Gasteiger partial charge in [0.1, 0.15) is 6.10 Å². The zero-order valence-corrected chi connectivity index (χ0v) is 11.6. The molecule has 0 aromatic rings. The van der Waals surface area contributed by atoms with Crippen LogP contribution in [0.2, 0.25) is 0 Å². The molecule has 3 N–H and O–H groups in total. The van der Waals surface area contributed by atoms with Crippen LogP contribution in [0.5, 0.6) is 0 Å². The minimum Gasteiger partial charge on any atom is -0.481 e. The first-order valence-electron chi connectivity index (χ1n) is 6.91. The molecule has 1 heterocycles. The van der Waals surface area contributed by atoms with Gasteiger partial charge in [-0.05, 0) is 19.8 Å². The summed E-state index contributed by atoms with van der Waals surface area (Å²) >= 11 is 0. The van der Waals surface area contributed by atoms with Crippen LogP contribution in [-0.4, -0.2) is 48.8 Å². The molecular formula is C13H24N2O4. The first-order valence-corrected chi connectivity index (χ1v) is 6.91. The molecule has 0 radical (unpaired) electrons. The Kier molecular flexibility index (Phi) is 6.80. The van der Waals surface area contributed by atoms with Gasteiger partial charge in [0.05, 0.1) is 12.0 Å². The summed E-state index contributed by atoms with van der Waals surface area (Å²) in [6, 6.07) is 0. The third-order valence-corrected chi connectivity index (χ3v) is 3.25. The van der Waals surface area contributed by atoms with Crippen molar-refractivity contribution in [1.29, 1.82) is 0 Å². The van der Waals surface area contributed by atoms with Gasteiger partial charge in [-0.25, -0.2) is 0 Å². The molecule has 1 aliphatic rings. The summed E-state index contributed by atoms with van der Waals surface area (Å²) in [5, 5.41) is 14.8. The Morgan fingerprint density at radius 3 is 2.84 bits per heavy atom. The second kappa shape index (κ2) is 8.12. The van der Waals surface area contributed by atoms with E-state index in [1.54, 1.807) is 6.92 Å². The average molecular weight is 272 g/mol. The number of carbonyl (C=O) groups is 2. The van der Waals surface area contributed by atoms with E-state index < -0.39 is 18.0 Å². The van der Waals surface area contributed by atoms with Gasteiger partial charge in [0.2, 0.25) is 5.91 Å². The van der Waals surface area contributed by atoms with Gasteiger partial charge in [-0.3, -0.25) is 9.59 Å². The number of aliphatic carboxylic acids is 1. The van der Waals surface area contributed by atoms with Crippen LogP contribution in [0.1, 0.15) is 33.1 Å². The zero-order valence-electron chi connectivity index (χ0n) is 11.6. The number of carbonyl (C=O) groups excluding carboxylic acids is 1. The molecule has 6 nitrogen and oxygen atoms in total. The molecule has 1 amide bonds. The maximum atomic E-state index is 11.7. The Balaban J connectivity index is 2.32. The second-order valence-electron chi connectivity index (χ2n) is 4.97. The second-order valence-corrected chi connectivity index (χ2v) is 4.97. The van der Waals surface area contributed by atoms with Gasteiger partial charge in [-0.15, -0.1) is 0 Å². The Morgan fingerprint density at radius 1 is 1.47 bits per heavy atom. The van der Waals surface area contributed by atoms with E-state index in [0.717, 1.165) is 12.8 Å². The van der Waals surface area contributed by atoms with Crippen LogP contribution < -0.4 is 10.6 Å². The largest absolute Gasteiger partial charge is 0.481 e. The van der Waals surface area contributed by atoms with Crippen molar-refractivity contribution in [3.05, 3.63) is 0 Å². The van der Waals surface area contributed by atoms with E-state index in [-0.39, 0.29) is 12.0 Å². The molecule has 0 aliphatic carbocycles. The van der Waals surface area contributed by atoms with Crippen molar-refractivity contribution in [2.45, 2.75) is 45.3 Å². The monoisotopic (exact) mass is 272 g/mol. The van der Waals surface area contributed by atoms with Gasteiger partial charge < -0.3 is 20.5 Å². The summed E-state index contributed by atoms with van der Waals surface area (Å²) < 4.78 is 5.63. The number of piperidine rings is 1. The third-order valence-electron chi connectivity index (χ3n) is 3.25. The maximum Gasteiger partial charge on any atom is 0.307 e. The first-order chi connectivity index (χ1) is 9.04. The average Bonchev–Trinajstić information content (AvgIpc) is 2.39. The number of unbranched alkanes of at least 4 members (excludes halogenated alkanes) is 1. The highest BCUT2D eigenvalue weighted by atomic mass is 16.5. The summed E-state index contributed by atoms with van der Waals surface area (Å²) in [6.07, 6.45) is 1.67. The molecular weight excluding hydrogens is 248 g/mol. The van der Waals surface area contributed by atoms with Gasteiger partial charge in [0.25, 0.3) is 0 Å². The van der Waals surface area contributed by atoms with Crippen LogP contribution in [0, 0.1) is 5.92 Å². The van der Waals surface area contributed by atoms with Crippen LogP contribution in [0.4, 0.5) is 0 Å². The summed E-state index contributed by atoms with van der Waals surface area (Å²) in [5.74, 6) is -1.39. The number of ether oxygens (including phenoxy) is 1. The van der Waals surface area contributed by atoms with Crippen LogP contribution in [0.15, 0.2) is 0 Å². The number of amides is 1. The highest BCUT2D eigenvalue weighted by Gasteiger charge is 2.29. The number of carboxylic acid groups (broad SMARTS) is 1. The van der Waals surface area contributed by atoms with Crippen molar-refractivity contribution >= 4 is 11.9 Å². The lowest BCUT2D eigenvalue weighted by Gasteiger charge is -2.29. The van der Waals surface area contributed by atoms with Gasteiger partial charge in [0.15, 0.2) is 0 Å². The lowest BCUT2D eigenvalue weighted by Crippen LogP contribution is -2.46. The summed E-state index contributed by atoms with van der Waals surface area (Å²) in [5.41, 5.74) is 0. The van der Waals surface area contributed by atoms with Crippen molar-refractivity contribution in [2.75, 3.05) is 19.6 Å². The number of rotatable bonds is 7. The normalized spacial score (nSPS) is 24.7. The smallest absolute Gasteiger partial charge is 0.307 e. The molecule has 6 heteroatoms. The minimum absolute atomic E-state index is 0.133. The topological polar surface area (TPSA) is 87.7 Å². The minimum atomic E-state index is -0.819. The number of nitrogens with one attached hydrogen (secondary N) is 2. The fourth-order valence-corrected chi connectivity index (χ4v) is 2.08. The van der Waals surface area contributed by atoms with Crippen molar-refractivity contribution < 1.29 is 19.4 Å². The van der Waals surface area contributed by atoms with E-state index in [1.165, 1.54) is 0 Å². The molecule has 1 saturated heterocycles. The first kappa shape index (κ1) is 15.9. The van der Waals surface area contributed by atoms with E-state index in [1.807, 2.05) is 0 Å². The fourth-order valence-electron chi connectivity index (χ4n) is 2.08. The lowest BCUT2D eigenvalue weighted by molar-refractivity contribution is -0.146. The van der Waals surface area contributed by atoms with E-state index in [2.05, 4.69) is 17.6 Å². The fraction of sp³-hybridized carbons (Fsp3) is 0.846. The van der Waals surface area contributed by atoms with E-state index in [0.29, 0.717) is 26.1 Å². The van der Waals surface area contributed by atoms with Crippen LogP contribution >= 0.6 is 0 Å². The van der Waals surface area contributed by atoms with Crippen molar-refractivity contribution in [3.8, 4) is 0 Å². The summed E-state index contributed by atoms with van der Waals surface area (Å²) in [6.45, 7) is 5.48. The molecule has 0 aromatic heterocycles. The zero-order chi connectivity index (χ0) is 14.3. The van der Waals surface area contributed by atoms with Gasteiger partial charge in [-0.1, -0.05) is 13.3 Å². The van der Waals surface area contributed by atoms with Crippen LogP contribution in [0.25, 0.3) is 0 Å². The Morgan fingerprint density at radius 2 is 2.21 bits per heavy atom. The molecule has 3 atom stereocenters. The highest BCUT2D eigenvalue weighted by Crippen LogP contribution is 2.15. The highest BCUT2D eigenvalue weighted by molar-refractivity contribution is 5.80. The Labute approximate surface area is 113 Å². The number of carboxylic acids is 1. The number of hydrogen-bond acceptors (Lipinski definition) is 4. The predicted octanol–water partition coefficient (Wildman–Crippen LogP) is 0.371. The summed E-state index contributed by atoms with van der Waals surface area (Å²) in [4.78, 5) is 22.7. The van der Waals surface area contributed by atoms with Gasteiger partial charge in [-0.2, -0.15) is 0 Å². The Bertz CT molecular complexity index is 309. The van der Waals surface area contributed by atoms with E-state index >= 15 is 0 Å². The molecule has 0 bridgehead atoms. The SMILES string of the molecule is CCCCNC(=O)C(C)OC1CNCC(C(=O)O)C1. The Hall–Kier alpha value is -1.14. The molecule has 110 valence electrons. The molecule has 1 fully saturated rings. The predicted molar refractivity (Wildman–Crippen MR) is 70.9 cm³/mol. The van der Waals surface area contributed by atoms with Gasteiger partial charge >= 0.3 is 5.97 Å². The molecule has 0 saturated carbocycles. The maximum absolute atomic E-state index is 11.7. The van der Waals surface area contributed by atoms with E-state index in [4.69, 9.17) is 9.84 Å². The molecule has 19 heavy (non-hydrogen) atoms. The lowest BCUT2D eigenvalue weighted by atomic mass is 9.97. The summed E-state index contributed by atoms with van der Waals surface area (Å²) in [7, 11) is 0. The van der Waals surface area contributed by atoms with E-state index in [9.17, 15) is 9.59 Å². The molecule has 0 aromatic carbocycles. The third kappa shape index (κ3) is 5.57. The van der Waals surface area contributed by atoms with Crippen molar-refractivity contribution in [3.63, 3.8) is 0 Å². The quantitative estimate of drug-likeness (QED) is 0.583. The van der Waals surface area contributed by atoms with Crippen molar-refractivity contribution in [1.82, 2.24) is 10.6 Å². The van der Waals surface area contributed by atoms with Crippen LogP contribution in [-0.2, 0) is 14.3 Å². The van der Waals surface area contributed by atoms with Crippen LogP contribution in [0.3, 0.4) is 0 Å². The molecule has 3 unspecified atom stereocenters. The molecule has 1 aliphatic heterocycles. The number of hydrogen-bond donors (Lipinski definition) is 3. The molecule has 1 rings (SSSR count). The molecule has 0 spiro atoms. The standard InChI is InChI=1S/C13H24N2O4/c1-3-4-5-15-12(16)9(2)19-11-6-10(13(17)18)7-14-8-11/h9-11,14H,3-8H2,1-2H3,(H,15,16)(H,17,18).